The van der Waals surface area contributed by atoms with Gasteiger partial charge >= 0.3 is 0 Å². The van der Waals surface area contributed by atoms with Crippen molar-refractivity contribution < 1.29 is 0 Å². The van der Waals surface area contributed by atoms with Crippen LogP contribution in [0.25, 0.3) is 0 Å². The molecule has 72 valence electrons. The normalized spacial score (nSPS) is 24.9. The van der Waals surface area contributed by atoms with Gasteiger partial charge in [-0.25, -0.2) is 0 Å². The second-order valence-corrected chi connectivity index (χ2v) is 3.61. The number of nitrogens with two attached hydrogens (primary N) is 1. The lowest BCUT2D eigenvalue weighted by atomic mass is 9.87. The summed E-state index contributed by atoms with van der Waals surface area (Å²) in [5, 5.41) is 12.1. The van der Waals surface area contributed by atoms with E-state index in [-0.39, 0.29) is 0 Å². The van der Waals surface area contributed by atoms with Gasteiger partial charge in [-0.15, -0.1) is 0 Å². The van der Waals surface area contributed by atoms with Crippen LogP contribution < -0.4 is 11.1 Å². The molecule has 1 fully saturated rings. The van der Waals surface area contributed by atoms with E-state index >= 15 is 0 Å². The van der Waals surface area contributed by atoms with E-state index in [4.69, 9.17) is 11.0 Å². The molecule has 0 bridgehead atoms. The van der Waals surface area contributed by atoms with Gasteiger partial charge in [0.25, 0.3) is 0 Å². The molecule has 1 aliphatic carbocycles. The molecule has 0 aliphatic heterocycles. The van der Waals surface area contributed by atoms with Gasteiger partial charge in [-0.2, -0.15) is 5.26 Å². The Morgan fingerprint density at radius 3 is 3.00 bits per heavy atom. The van der Waals surface area contributed by atoms with Gasteiger partial charge in [0.15, 0.2) is 0 Å². The molecular weight excluding hydrogens is 176 g/mol. The van der Waals surface area contributed by atoms with Gasteiger partial charge in [0.05, 0.1) is 17.4 Å². The fraction of sp³-hybridized carbons (Fsp3) is 0.400. The summed E-state index contributed by atoms with van der Waals surface area (Å²) >= 11 is 0. The first-order valence-corrected chi connectivity index (χ1v) is 4.66. The third kappa shape index (κ3) is 1.68. The van der Waals surface area contributed by atoms with Crippen molar-refractivity contribution in [2.24, 2.45) is 5.73 Å². The van der Waals surface area contributed by atoms with E-state index in [0.717, 1.165) is 18.5 Å². The summed E-state index contributed by atoms with van der Waals surface area (Å²) in [4.78, 5) is 3.98. The van der Waals surface area contributed by atoms with Crippen molar-refractivity contribution in [1.82, 2.24) is 4.98 Å². The summed E-state index contributed by atoms with van der Waals surface area (Å²) in [7, 11) is 0. The molecule has 0 radical (unpaired) electrons. The zero-order valence-electron chi connectivity index (χ0n) is 7.77. The maximum absolute atomic E-state index is 8.83. The molecule has 0 saturated heterocycles. The molecule has 3 N–H and O–H groups in total. The van der Waals surface area contributed by atoms with Crippen LogP contribution >= 0.6 is 0 Å². The molecule has 0 aromatic carbocycles. The fourth-order valence-electron chi connectivity index (χ4n) is 1.61. The molecule has 4 heteroatoms. The van der Waals surface area contributed by atoms with Crippen molar-refractivity contribution in [3.63, 3.8) is 0 Å². The summed E-state index contributed by atoms with van der Waals surface area (Å²) in [5.41, 5.74) is 7.12. The number of anilines is 1. The quantitative estimate of drug-likeness (QED) is 0.721. The summed E-state index contributed by atoms with van der Waals surface area (Å²) in [6.45, 7) is 0. The van der Waals surface area contributed by atoms with Crippen molar-refractivity contribution >= 4 is 5.69 Å². The molecule has 1 aliphatic rings. The summed E-state index contributed by atoms with van der Waals surface area (Å²) < 4.78 is 0. The fourth-order valence-corrected chi connectivity index (χ4v) is 1.61. The summed E-state index contributed by atoms with van der Waals surface area (Å²) in [6.07, 6.45) is 5.25. The van der Waals surface area contributed by atoms with Crippen molar-refractivity contribution in [2.45, 2.75) is 24.9 Å². The molecular formula is C10H12N4. The van der Waals surface area contributed by atoms with Crippen molar-refractivity contribution in [2.75, 3.05) is 5.32 Å². The molecule has 0 spiro atoms. The molecule has 0 amide bonds. The van der Waals surface area contributed by atoms with Crippen LogP contribution in [0.15, 0.2) is 18.5 Å². The summed E-state index contributed by atoms with van der Waals surface area (Å²) in [5.74, 6) is 0. The number of nitriles is 1. The number of nitrogens with zero attached hydrogens (tertiary/aromatic N) is 2. The molecule has 2 rings (SSSR count). The van der Waals surface area contributed by atoms with Gasteiger partial charge in [-0.3, -0.25) is 4.98 Å². The Kier molecular flexibility index (Phi) is 2.33. The second-order valence-electron chi connectivity index (χ2n) is 3.61. The van der Waals surface area contributed by atoms with Gasteiger partial charge in [0, 0.05) is 18.3 Å². The maximum atomic E-state index is 8.83. The number of rotatable bonds is 2. The Balaban J connectivity index is 2.06. The minimum atomic E-state index is 0.315. The van der Waals surface area contributed by atoms with E-state index in [1.165, 1.54) is 0 Å². The smallest absolute Gasteiger partial charge is 0.101 e. The highest BCUT2D eigenvalue weighted by molar-refractivity contribution is 5.56. The Morgan fingerprint density at radius 1 is 1.57 bits per heavy atom. The molecule has 1 aromatic heterocycles. The van der Waals surface area contributed by atoms with Crippen molar-refractivity contribution in [3.05, 3.63) is 24.0 Å². The van der Waals surface area contributed by atoms with Crippen LogP contribution in [0.1, 0.15) is 18.4 Å². The summed E-state index contributed by atoms with van der Waals surface area (Å²) in [6, 6.07) is 4.55. The Bertz CT molecular complexity index is 363. The average molecular weight is 188 g/mol. The van der Waals surface area contributed by atoms with Gasteiger partial charge in [-0.05, 0) is 18.9 Å². The molecule has 0 atom stereocenters. The average Bonchev–Trinajstić information content (AvgIpc) is 2.16. The SMILES string of the molecule is N#Cc1ccncc1NC1CC(N)C1. The predicted octanol–water partition coefficient (Wildman–Crippen LogP) is 0.855. The molecule has 0 unspecified atom stereocenters. The Morgan fingerprint density at radius 2 is 2.36 bits per heavy atom. The van der Waals surface area contributed by atoms with E-state index in [9.17, 15) is 0 Å². The second kappa shape index (κ2) is 3.64. The molecule has 14 heavy (non-hydrogen) atoms. The van der Waals surface area contributed by atoms with E-state index in [1.807, 2.05) is 0 Å². The number of nitrogens with one attached hydrogen (secondary N) is 1. The standard InChI is InChI=1S/C10H12N4/c11-5-7-1-2-13-6-10(7)14-9-3-8(12)4-9/h1-2,6,8-9,14H,3-4,12H2. The predicted molar refractivity (Wildman–Crippen MR) is 53.6 cm³/mol. The monoisotopic (exact) mass is 188 g/mol. The Hall–Kier alpha value is -1.60. The van der Waals surface area contributed by atoms with Crippen LogP contribution in [0.3, 0.4) is 0 Å². The minimum Gasteiger partial charge on any atom is -0.380 e. The number of pyridine rings is 1. The highest BCUT2D eigenvalue weighted by atomic mass is 15.0. The molecule has 4 nitrogen and oxygen atoms in total. The molecule has 1 saturated carbocycles. The maximum Gasteiger partial charge on any atom is 0.101 e. The lowest BCUT2D eigenvalue weighted by molar-refractivity contribution is 0.373. The van der Waals surface area contributed by atoms with E-state index in [2.05, 4.69) is 16.4 Å². The van der Waals surface area contributed by atoms with Crippen LogP contribution in [0.4, 0.5) is 5.69 Å². The minimum absolute atomic E-state index is 0.315. The molecule has 1 aromatic rings. The zero-order valence-corrected chi connectivity index (χ0v) is 7.77. The largest absolute Gasteiger partial charge is 0.380 e. The lowest BCUT2D eigenvalue weighted by Gasteiger charge is -2.33. The van der Waals surface area contributed by atoms with Gasteiger partial charge in [0.2, 0.25) is 0 Å². The van der Waals surface area contributed by atoms with Crippen LogP contribution in [0, 0.1) is 11.3 Å². The third-order valence-corrected chi connectivity index (χ3v) is 2.48. The Labute approximate surface area is 82.8 Å². The van der Waals surface area contributed by atoms with E-state index in [1.54, 1.807) is 18.5 Å². The number of hydrogen-bond acceptors (Lipinski definition) is 4. The van der Waals surface area contributed by atoms with E-state index < -0.39 is 0 Å². The van der Waals surface area contributed by atoms with Crippen molar-refractivity contribution in [3.8, 4) is 6.07 Å². The lowest BCUT2D eigenvalue weighted by Crippen LogP contribution is -2.44. The third-order valence-electron chi connectivity index (χ3n) is 2.48. The topological polar surface area (TPSA) is 74.7 Å². The van der Waals surface area contributed by atoms with Gasteiger partial charge < -0.3 is 11.1 Å². The van der Waals surface area contributed by atoms with Crippen LogP contribution in [0.2, 0.25) is 0 Å². The van der Waals surface area contributed by atoms with Gasteiger partial charge in [-0.1, -0.05) is 0 Å². The first-order valence-electron chi connectivity index (χ1n) is 4.66. The first-order chi connectivity index (χ1) is 6.79. The van der Waals surface area contributed by atoms with Crippen LogP contribution in [-0.2, 0) is 0 Å². The molecule has 1 heterocycles. The zero-order chi connectivity index (χ0) is 9.97. The van der Waals surface area contributed by atoms with Gasteiger partial charge in [0.1, 0.15) is 6.07 Å². The van der Waals surface area contributed by atoms with Crippen LogP contribution in [-0.4, -0.2) is 17.1 Å². The highest BCUT2D eigenvalue weighted by Crippen LogP contribution is 2.23. The number of hydrogen-bond donors (Lipinski definition) is 2. The number of aromatic nitrogens is 1. The first kappa shape index (κ1) is 8.97. The highest BCUT2D eigenvalue weighted by Gasteiger charge is 2.25. The van der Waals surface area contributed by atoms with Crippen LogP contribution in [0.5, 0.6) is 0 Å². The van der Waals surface area contributed by atoms with Crippen molar-refractivity contribution in [1.29, 1.82) is 5.26 Å². The van der Waals surface area contributed by atoms with E-state index in [0.29, 0.717) is 17.6 Å².